The summed E-state index contributed by atoms with van der Waals surface area (Å²) >= 11 is 0. The molecular formula is C25H27ClF3N5O3. The SMILES string of the molecule is COc1ccc(C2CC(C(F)(F)F)n3nc(-c4ccc(C(=O)N5CC(N)C5)cc4)cc3N2)cc1OC.Cl. The second-order valence-electron chi connectivity index (χ2n) is 9.01. The Morgan fingerprint density at radius 1 is 1.05 bits per heavy atom. The number of anilines is 1. The Bertz CT molecular complexity index is 1280. The number of carbonyl (C=O) groups is 1. The number of nitrogens with one attached hydrogen (secondary N) is 1. The summed E-state index contributed by atoms with van der Waals surface area (Å²) in [7, 11) is 2.98. The topological polar surface area (TPSA) is 94.6 Å². The predicted molar refractivity (Wildman–Crippen MR) is 134 cm³/mol. The highest BCUT2D eigenvalue weighted by Crippen LogP contribution is 2.45. The third kappa shape index (κ3) is 5.05. The first kappa shape index (κ1) is 26.6. The summed E-state index contributed by atoms with van der Waals surface area (Å²) in [5.41, 5.74) is 7.87. The predicted octanol–water partition coefficient (Wildman–Crippen LogP) is 4.43. The van der Waals surface area contributed by atoms with Gasteiger partial charge in [0.1, 0.15) is 5.82 Å². The Labute approximate surface area is 217 Å². The molecule has 1 saturated heterocycles. The number of nitrogens with zero attached hydrogens (tertiary/aromatic N) is 3. The number of carbonyl (C=O) groups excluding carboxylic acids is 1. The Balaban J connectivity index is 0.00000320. The van der Waals surface area contributed by atoms with E-state index < -0.39 is 18.3 Å². The minimum absolute atomic E-state index is 0. The number of benzene rings is 2. The van der Waals surface area contributed by atoms with E-state index >= 15 is 0 Å². The molecule has 0 saturated carbocycles. The van der Waals surface area contributed by atoms with Gasteiger partial charge in [0.2, 0.25) is 0 Å². The summed E-state index contributed by atoms with van der Waals surface area (Å²) in [5.74, 6) is 1.07. The normalized spacial score (nSPS) is 19.2. The van der Waals surface area contributed by atoms with Crippen LogP contribution in [0.1, 0.15) is 34.4 Å². The highest BCUT2D eigenvalue weighted by Gasteiger charge is 2.46. The number of halogens is 4. The smallest absolute Gasteiger partial charge is 0.410 e. The number of fused-ring (bicyclic) bond motifs is 1. The zero-order valence-corrected chi connectivity index (χ0v) is 21.0. The average Bonchev–Trinajstić information content (AvgIpc) is 3.29. The lowest BCUT2D eigenvalue weighted by Crippen LogP contribution is -2.57. The lowest BCUT2D eigenvalue weighted by molar-refractivity contribution is -0.173. The monoisotopic (exact) mass is 537 g/mol. The van der Waals surface area contributed by atoms with Crippen molar-refractivity contribution in [2.24, 2.45) is 5.73 Å². The van der Waals surface area contributed by atoms with E-state index in [1.807, 2.05) is 0 Å². The van der Waals surface area contributed by atoms with Crippen molar-refractivity contribution in [1.29, 1.82) is 0 Å². The van der Waals surface area contributed by atoms with Gasteiger partial charge in [0.05, 0.1) is 26.0 Å². The van der Waals surface area contributed by atoms with Gasteiger partial charge in [0.15, 0.2) is 17.5 Å². The van der Waals surface area contributed by atoms with E-state index in [2.05, 4.69) is 10.4 Å². The van der Waals surface area contributed by atoms with Gasteiger partial charge in [0.25, 0.3) is 5.91 Å². The summed E-state index contributed by atoms with van der Waals surface area (Å²) in [6, 6.07) is 10.9. The molecule has 1 amide bonds. The molecule has 2 aliphatic heterocycles. The number of hydrogen-bond acceptors (Lipinski definition) is 6. The van der Waals surface area contributed by atoms with Crippen LogP contribution in [0.4, 0.5) is 19.0 Å². The molecule has 8 nitrogen and oxygen atoms in total. The van der Waals surface area contributed by atoms with Crippen LogP contribution in [0.25, 0.3) is 11.3 Å². The fourth-order valence-corrected chi connectivity index (χ4v) is 4.65. The average molecular weight is 538 g/mol. The van der Waals surface area contributed by atoms with Crippen LogP contribution in [0.5, 0.6) is 11.5 Å². The highest BCUT2D eigenvalue weighted by molar-refractivity contribution is 5.95. The maximum absolute atomic E-state index is 14.1. The molecule has 2 aromatic carbocycles. The zero-order chi connectivity index (χ0) is 25.6. The van der Waals surface area contributed by atoms with Gasteiger partial charge in [-0.15, -0.1) is 12.4 Å². The molecule has 2 aliphatic rings. The van der Waals surface area contributed by atoms with Crippen LogP contribution >= 0.6 is 12.4 Å². The zero-order valence-electron chi connectivity index (χ0n) is 20.2. The standard InChI is InChI=1S/C25H26F3N5O3.ClH/c1-35-20-8-7-16(9-21(20)36-2)18-10-22(25(26,27)28)33-23(30-18)11-19(31-33)14-3-5-15(6-4-14)24(34)32-12-17(29)13-32;/h3-9,11,17-18,22,30H,10,12-13,29H2,1-2H3;1H. The van der Waals surface area contributed by atoms with Crippen molar-refractivity contribution in [3.05, 3.63) is 59.7 Å². The number of hydrogen-bond donors (Lipinski definition) is 2. The molecule has 3 N–H and O–H groups in total. The van der Waals surface area contributed by atoms with Crippen molar-refractivity contribution in [2.45, 2.75) is 30.7 Å². The first-order valence-corrected chi connectivity index (χ1v) is 11.5. The fraction of sp³-hybridized carbons (Fsp3) is 0.360. The summed E-state index contributed by atoms with van der Waals surface area (Å²) < 4.78 is 53.8. The maximum atomic E-state index is 14.1. The maximum Gasteiger partial charge on any atom is 0.410 e. The first-order valence-electron chi connectivity index (χ1n) is 11.5. The van der Waals surface area contributed by atoms with E-state index in [1.54, 1.807) is 53.4 Å². The molecule has 12 heteroatoms. The number of amides is 1. The van der Waals surface area contributed by atoms with Gasteiger partial charge < -0.3 is 25.4 Å². The quantitative estimate of drug-likeness (QED) is 0.500. The minimum atomic E-state index is -4.50. The molecule has 0 spiro atoms. The second kappa shape index (κ2) is 10.1. The Morgan fingerprint density at radius 2 is 1.73 bits per heavy atom. The van der Waals surface area contributed by atoms with Crippen LogP contribution in [0.3, 0.4) is 0 Å². The second-order valence-corrected chi connectivity index (χ2v) is 9.01. The molecule has 37 heavy (non-hydrogen) atoms. The van der Waals surface area contributed by atoms with E-state index in [0.717, 1.165) is 4.68 Å². The van der Waals surface area contributed by atoms with Crippen LogP contribution < -0.4 is 20.5 Å². The van der Waals surface area contributed by atoms with E-state index in [1.165, 1.54) is 14.2 Å². The van der Waals surface area contributed by atoms with Crippen LogP contribution in [0, 0.1) is 0 Å². The van der Waals surface area contributed by atoms with Gasteiger partial charge in [-0.2, -0.15) is 18.3 Å². The summed E-state index contributed by atoms with van der Waals surface area (Å²) in [6.07, 6.45) is -4.73. The third-order valence-electron chi connectivity index (χ3n) is 6.62. The van der Waals surface area contributed by atoms with Crippen LogP contribution in [-0.4, -0.2) is 60.1 Å². The molecule has 0 bridgehead atoms. The number of alkyl halides is 3. The molecule has 5 rings (SSSR count). The van der Waals surface area contributed by atoms with Gasteiger partial charge in [-0.25, -0.2) is 4.68 Å². The van der Waals surface area contributed by atoms with Gasteiger partial charge in [-0.3, -0.25) is 4.79 Å². The number of aromatic nitrogens is 2. The van der Waals surface area contributed by atoms with E-state index in [9.17, 15) is 18.0 Å². The third-order valence-corrected chi connectivity index (χ3v) is 6.62. The molecule has 0 aliphatic carbocycles. The van der Waals surface area contributed by atoms with Gasteiger partial charge in [-0.1, -0.05) is 18.2 Å². The Kier molecular flexibility index (Phi) is 7.29. The van der Waals surface area contributed by atoms with Crippen molar-refractivity contribution in [1.82, 2.24) is 14.7 Å². The van der Waals surface area contributed by atoms with Crippen molar-refractivity contribution in [3.63, 3.8) is 0 Å². The van der Waals surface area contributed by atoms with Crippen LogP contribution in [0.15, 0.2) is 48.5 Å². The lowest BCUT2D eigenvalue weighted by Gasteiger charge is -2.36. The molecule has 3 aromatic rings. The molecular weight excluding hydrogens is 511 g/mol. The number of methoxy groups -OCH3 is 2. The van der Waals surface area contributed by atoms with Crippen LogP contribution in [0.2, 0.25) is 0 Å². The van der Waals surface area contributed by atoms with E-state index in [4.69, 9.17) is 15.2 Å². The van der Waals surface area contributed by atoms with Crippen molar-refractivity contribution < 1.29 is 27.4 Å². The van der Waals surface area contributed by atoms with E-state index in [0.29, 0.717) is 47.0 Å². The molecule has 198 valence electrons. The lowest BCUT2D eigenvalue weighted by atomic mass is 9.96. The van der Waals surface area contributed by atoms with Gasteiger partial charge in [-0.05, 0) is 29.8 Å². The highest BCUT2D eigenvalue weighted by atomic mass is 35.5. The summed E-state index contributed by atoms with van der Waals surface area (Å²) in [5, 5.41) is 7.47. The Morgan fingerprint density at radius 3 is 2.32 bits per heavy atom. The van der Waals surface area contributed by atoms with Crippen molar-refractivity contribution in [3.8, 4) is 22.8 Å². The summed E-state index contributed by atoms with van der Waals surface area (Å²) in [6.45, 7) is 1.03. The molecule has 0 radical (unpaired) electrons. The largest absolute Gasteiger partial charge is 0.493 e. The summed E-state index contributed by atoms with van der Waals surface area (Å²) in [4.78, 5) is 14.1. The molecule has 1 fully saturated rings. The van der Waals surface area contributed by atoms with Crippen molar-refractivity contribution >= 4 is 24.1 Å². The molecule has 3 heterocycles. The molecule has 2 unspecified atom stereocenters. The number of likely N-dealkylation sites (tertiary alicyclic amines) is 1. The van der Waals surface area contributed by atoms with Crippen molar-refractivity contribution in [2.75, 3.05) is 32.6 Å². The van der Waals surface area contributed by atoms with E-state index in [-0.39, 0.29) is 36.6 Å². The number of ether oxygens (including phenoxy) is 2. The fourth-order valence-electron chi connectivity index (χ4n) is 4.65. The van der Waals surface area contributed by atoms with Crippen LogP contribution in [-0.2, 0) is 0 Å². The molecule has 2 atom stereocenters. The number of rotatable bonds is 5. The minimum Gasteiger partial charge on any atom is -0.493 e. The Hall–Kier alpha value is -3.44. The number of nitrogens with two attached hydrogens (primary N) is 1. The van der Waals surface area contributed by atoms with Gasteiger partial charge >= 0.3 is 6.18 Å². The molecule has 1 aromatic heterocycles. The van der Waals surface area contributed by atoms with Gasteiger partial charge in [0, 0.05) is 42.7 Å². The first-order chi connectivity index (χ1) is 17.2.